The van der Waals surface area contributed by atoms with Crippen molar-refractivity contribution in [1.29, 1.82) is 0 Å². The predicted molar refractivity (Wildman–Crippen MR) is 96.8 cm³/mol. The Kier molecular flexibility index (Phi) is 7.89. The molecule has 2 N–H and O–H groups in total. The maximum absolute atomic E-state index is 8.81. The SMILES string of the molecule is CCOc1cc(CNCCCO)cc(Cl)c1OCc1ccccc1. The molecule has 0 aromatic heterocycles. The van der Waals surface area contributed by atoms with E-state index in [1.165, 1.54) is 0 Å². The highest BCUT2D eigenvalue weighted by Crippen LogP contribution is 2.37. The zero-order valence-electron chi connectivity index (χ0n) is 13.9. The highest BCUT2D eigenvalue weighted by molar-refractivity contribution is 6.32. The number of benzene rings is 2. The molecule has 0 aliphatic carbocycles. The van der Waals surface area contributed by atoms with Crippen molar-refractivity contribution in [2.24, 2.45) is 0 Å². The lowest BCUT2D eigenvalue weighted by Crippen LogP contribution is -2.15. The number of aliphatic hydroxyl groups excluding tert-OH is 1. The lowest BCUT2D eigenvalue weighted by Gasteiger charge is -2.15. The molecule has 0 aliphatic rings. The van der Waals surface area contributed by atoms with Gasteiger partial charge in [0.25, 0.3) is 0 Å². The first-order chi connectivity index (χ1) is 11.7. The van der Waals surface area contributed by atoms with E-state index in [9.17, 15) is 0 Å². The molecule has 0 heterocycles. The molecule has 5 heteroatoms. The van der Waals surface area contributed by atoms with Crippen molar-refractivity contribution in [3.63, 3.8) is 0 Å². The Morgan fingerprint density at radius 1 is 1.08 bits per heavy atom. The maximum atomic E-state index is 8.81. The minimum Gasteiger partial charge on any atom is -0.490 e. The van der Waals surface area contributed by atoms with Crippen LogP contribution in [-0.4, -0.2) is 24.9 Å². The van der Waals surface area contributed by atoms with E-state index in [4.69, 9.17) is 26.2 Å². The van der Waals surface area contributed by atoms with Gasteiger partial charge in [0.2, 0.25) is 0 Å². The molecule has 2 rings (SSSR count). The van der Waals surface area contributed by atoms with Gasteiger partial charge in [-0.2, -0.15) is 0 Å². The van der Waals surface area contributed by atoms with E-state index in [1.54, 1.807) is 0 Å². The quantitative estimate of drug-likeness (QED) is 0.641. The number of hydrogen-bond acceptors (Lipinski definition) is 4. The molecule has 0 radical (unpaired) electrons. The molecule has 0 atom stereocenters. The highest BCUT2D eigenvalue weighted by atomic mass is 35.5. The van der Waals surface area contributed by atoms with E-state index in [0.717, 1.165) is 24.1 Å². The summed E-state index contributed by atoms with van der Waals surface area (Å²) in [4.78, 5) is 0. The van der Waals surface area contributed by atoms with Crippen LogP contribution in [0.25, 0.3) is 0 Å². The number of halogens is 1. The van der Waals surface area contributed by atoms with Crippen LogP contribution in [0.2, 0.25) is 5.02 Å². The fourth-order valence-corrected chi connectivity index (χ4v) is 2.58. The summed E-state index contributed by atoms with van der Waals surface area (Å²) in [5.41, 5.74) is 2.10. The third-order valence-electron chi connectivity index (χ3n) is 3.44. The first-order valence-corrected chi connectivity index (χ1v) is 8.56. The van der Waals surface area contributed by atoms with Crippen LogP contribution in [0, 0.1) is 0 Å². The first-order valence-electron chi connectivity index (χ1n) is 8.18. The molecule has 24 heavy (non-hydrogen) atoms. The molecule has 0 spiro atoms. The number of rotatable bonds is 10. The molecule has 0 unspecified atom stereocenters. The van der Waals surface area contributed by atoms with Gasteiger partial charge in [-0.05, 0) is 43.1 Å². The van der Waals surface area contributed by atoms with Crippen LogP contribution >= 0.6 is 11.6 Å². The van der Waals surface area contributed by atoms with Gasteiger partial charge < -0.3 is 19.9 Å². The summed E-state index contributed by atoms with van der Waals surface area (Å²) in [6.07, 6.45) is 0.727. The molecule has 2 aromatic rings. The number of hydrogen-bond donors (Lipinski definition) is 2. The summed E-state index contributed by atoms with van der Waals surface area (Å²) in [6, 6.07) is 13.8. The van der Waals surface area contributed by atoms with Crippen molar-refractivity contribution in [1.82, 2.24) is 5.32 Å². The fourth-order valence-electron chi connectivity index (χ4n) is 2.29. The minimum absolute atomic E-state index is 0.185. The van der Waals surface area contributed by atoms with Crippen LogP contribution in [0.15, 0.2) is 42.5 Å². The third kappa shape index (κ3) is 5.71. The first kappa shape index (κ1) is 18.6. The van der Waals surface area contributed by atoms with Crippen molar-refractivity contribution in [3.05, 3.63) is 58.6 Å². The molecular weight excluding hydrogens is 326 g/mol. The van der Waals surface area contributed by atoms with E-state index in [1.807, 2.05) is 49.4 Å². The second-order valence-corrected chi connectivity index (χ2v) is 5.77. The Morgan fingerprint density at radius 2 is 1.88 bits per heavy atom. The van der Waals surface area contributed by atoms with Gasteiger partial charge in [0.05, 0.1) is 11.6 Å². The van der Waals surface area contributed by atoms with E-state index < -0.39 is 0 Å². The normalized spacial score (nSPS) is 10.6. The average molecular weight is 350 g/mol. The lowest BCUT2D eigenvalue weighted by atomic mass is 10.2. The van der Waals surface area contributed by atoms with Crippen LogP contribution in [-0.2, 0) is 13.2 Å². The van der Waals surface area contributed by atoms with Crippen molar-refractivity contribution in [2.75, 3.05) is 19.8 Å². The molecule has 4 nitrogen and oxygen atoms in total. The van der Waals surface area contributed by atoms with Gasteiger partial charge in [-0.15, -0.1) is 0 Å². The summed E-state index contributed by atoms with van der Waals surface area (Å²) in [7, 11) is 0. The van der Waals surface area contributed by atoms with E-state index in [-0.39, 0.29) is 6.61 Å². The van der Waals surface area contributed by atoms with Crippen molar-refractivity contribution in [3.8, 4) is 11.5 Å². The molecule has 130 valence electrons. The van der Waals surface area contributed by atoms with Crippen LogP contribution in [0.5, 0.6) is 11.5 Å². The smallest absolute Gasteiger partial charge is 0.180 e. The zero-order chi connectivity index (χ0) is 17.2. The summed E-state index contributed by atoms with van der Waals surface area (Å²) in [6.45, 7) is 4.52. The monoisotopic (exact) mass is 349 g/mol. The third-order valence-corrected chi connectivity index (χ3v) is 3.72. The van der Waals surface area contributed by atoms with Gasteiger partial charge in [0.15, 0.2) is 11.5 Å². The summed E-state index contributed by atoms with van der Waals surface area (Å²) < 4.78 is 11.6. The van der Waals surface area contributed by atoms with Crippen LogP contribution in [0.3, 0.4) is 0 Å². The molecule has 0 saturated heterocycles. The topological polar surface area (TPSA) is 50.7 Å². The molecule has 2 aromatic carbocycles. The molecule has 0 amide bonds. The molecule has 0 saturated carbocycles. The Labute approximate surface area is 148 Å². The van der Waals surface area contributed by atoms with Crippen molar-refractivity contribution >= 4 is 11.6 Å². The van der Waals surface area contributed by atoms with Crippen LogP contribution < -0.4 is 14.8 Å². The predicted octanol–water partition coefficient (Wildman–Crippen LogP) is 3.79. The van der Waals surface area contributed by atoms with E-state index >= 15 is 0 Å². The highest BCUT2D eigenvalue weighted by Gasteiger charge is 2.13. The zero-order valence-corrected chi connectivity index (χ0v) is 14.7. The second-order valence-electron chi connectivity index (χ2n) is 5.37. The average Bonchev–Trinajstić information content (AvgIpc) is 2.59. The molecule has 0 aliphatic heterocycles. The number of aliphatic hydroxyl groups is 1. The largest absolute Gasteiger partial charge is 0.490 e. The van der Waals surface area contributed by atoms with Crippen molar-refractivity contribution in [2.45, 2.75) is 26.5 Å². The Bertz CT molecular complexity index is 620. The fraction of sp³-hybridized carbons (Fsp3) is 0.368. The Hall–Kier alpha value is -1.75. The van der Waals surface area contributed by atoms with Gasteiger partial charge >= 0.3 is 0 Å². The molecule has 0 bridgehead atoms. The van der Waals surface area contributed by atoms with Crippen molar-refractivity contribution < 1.29 is 14.6 Å². The van der Waals surface area contributed by atoms with Gasteiger partial charge in [-0.1, -0.05) is 41.9 Å². The summed E-state index contributed by atoms with van der Waals surface area (Å²) in [5, 5.41) is 12.6. The van der Waals surface area contributed by atoms with Crippen LogP contribution in [0.4, 0.5) is 0 Å². The van der Waals surface area contributed by atoms with Crippen LogP contribution in [0.1, 0.15) is 24.5 Å². The van der Waals surface area contributed by atoms with Gasteiger partial charge in [-0.25, -0.2) is 0 Å². The molecular formula is C19H24ClNO3. The summed E-state index contributed by atoms with van der Waals surface area (Å²) >= 11 is 6.40. The van der Waals surface area contributed by atoms with E-state index in [0.29, 0.717) is 36.3 Å². The standard InChI is InChI=1S/C19H24ClNO3/c1-2-23-18-12-16(13-21-9-6-10-22)11-17(20)19(18)24-14-15-7-4-3-5-8-15/h3-5,7-8,11-12,21-22H,2,6,9-10,13-14H2,1H3. The molecule has 0 fully saturated rings. The van der Waals surface area contributed by atoms with Gasteiger partial charge in [0, 0.05) is 13.2 Å². The number of ether oxygens (including phenoxy) is 2. The van der Waals surface area contributed by atoms with Gasteiger partial charge in [-0.3, -0.25) is 0 Å². The Morgan fingerprint density at radius 3 is 2.58 bits per heavy atom. The second kappa shape index (κ2) is 10.2. The minimum atomic E-state index is 0.185. The number of nitrogens with one attached hydrogen (secondary N) is 1. The Balaban J connectivity index is 2.08. The maximum Gasteiger partial charge on any atom is 0.180 e. The van der Waals surface area contributed by atoms with Gasteiger partial charge in [0.1, 0.15) is 6.61 Å². The lowest BCUT2D eigenvalue weighted by molar-refractivity contribution is 0.269. The van der Waals surface area contributed by atoms with E-state index in [2.05, 4.69) is 5.32 Å². The summed E-state index contributed by atoms with van der Waals surface area (Å²) in [5.74, 6) is 1.22.